The van der Waals surface area contributed by atoms with Crippen molar-refractivity contribution in [3.05, 3.63) is 29.8 Å². The van der Waals surface area contributed by atoms with Crippen LogP contribution in [0.5, 0.6) is 5.75 Å². The second-order valence-corrected chi connectivity index (χ2v) is 5.31. The molecule has 22 heavy (non-hydrogen) atoms. The summed E-state index contributed by atoms with van der Waals surface area (Å²) < 4.78 is 15.6. The van der Waals surface area contributed by atoms with Crippen LogP contribution in [0.3, 0.4) is 0 Å². The maximum absolute atomic E-state index is 12.2. The second-order valence-electron chi connectivity index (χ2n) is 4.22. The molecular weight excluding hydrogens is 304 g/mol. The van der Waals surface area contributed by atoms with Gasteiger partial charge >= 0.3 is 11.9 Å². The molecule has 1 unspecified atom stereocenters. The molecule has 0 saturated carbocycles. The zero-order chi connectivity index (χ0) is 16.4. The van der Waals surface area contributed by atoms with Gasteiger partial charge in [-0.2, -0.15) is 0 Å². The molecule has 0 N–H and O–H groups in total. The van der Waals surface area contributed by atoms with Gasteiger partial charge in [0.1, 0.15) is 11.0 Å². The molecule has 1 atom stereocenters. The summed E-state index contributed by atoms with van der Waals surface area (Å²) in [5, 5.41) is -0.618. The Hall–Kier alpha value is -1.69. The Balaban J connectivity index is 2.94. The van der Waals surface area contributed by atoms with Crippen molar-refractivity contribution in [1.82, 2.24) is 0 Å². The molecule has 0 aromatic heterocycles. The topological polar surface area (TPSA) is 61.8 Å². The Bertz CT molecular complexity index is 489. The van der Waals surface area contributed by atoms with Crippen molar-refractivity contribution < 1.29 is 23.8 Å². The highest BCUT2D eigenvalue weighted by molar-refractivity contribution is 8.00. The van der Waals surface area contributed by atoms with Crippen LogP contribution in [0.15, 0.2) is 24.3 Å². The summed E-state index contributed by atoms with van der Waals surface area (Å²) in [7, 11) is 0. The quantitative estimate of drug-likeness (QED) is 0.650. The zero-order valence-corrected chi connectivity index (χ0v) is 14.0. The van der Waals surface area contributed by atoms with E-state index in [4.69, 9.17) is 14.2 Å². The number of thioether (sulfide) groups is 1. The van der Waals surface area contributed by atoms with Gasteiger partial charge in [0, 0.05) is 5.56 Å². The Labute approximate surface area is 135 Å². The smallest absolute Gasteiger partial charge is 0.323 e. The molecule has 5 nitrogen and oxygen atoms in total. The summed E-state index contributed by atoms with van der Waals surface area (Å²) in [4.78, 5) is 23.8. The SMILES string of the molecule is CCOC(=O)CSC(C(=O)OCC)c1ccccc1OCC. The molecule has 0 aliphatic heterocycles. The number of para-hydroxylation sites is 1. The third-order valence-corrected chi connectivity index (χ3v) is 3.86. The standard InChI is InChI=1S/C16H22O5S/c1-4-19-13-10-8-7-9-12(13)15(16(18)21-6-3)22-11-14(17)20-5-2/h7-10,15H,4-6,11H2,1-3H3. The van der Waals surface area contributed by atoms with Crippen molar-refractivity contribution in [1.29, 1.82) is 0 Å². The first-order valence-corrected chi connectivity index (χ1v) is 8.34. The van der Waals surface area contributed by atoms with Crippen LogP contribution < -0.4 is 4.74 Å². The summed E-state index contributed by atoms with van der Waals surface area (Å²) >= 11 is 1.18. The van der Waals surface area contributed by atoms with Crippen molar-refractivity contribution in [2.75, 3.05) is 25.6 Å². The molecule has 0 amide bonds. The number of benzene rings is 1. The molecule has 122 valence electrons. The van der Waals surface area contributed by atoms with Crippen molar-refractivity contribution in [3.8, 4) is 5.75 Å². The fourth-order valence-electron chi connectivity index (χ4n) is 1.84. The van der Waals surface area contributed by atoms with Crippen molar-refractivity contribution in [3.63, 3.8) is 0 Å². The molecule has 1 aromatic rings. The lowest BCUT2D eigenvalue weighted by atomic mass is 10.1. The van der Waals surface area contributed by atoms with E-state index in [2.05, 4.69) is 0 Å². The zero-order valence-electron chi connectivity index (χ0n) is 13.2. The maximum Gasteiger partial charge on any atom is 0.323 e. The van der Waals surface area contributed by atoms with Crippen molar-refractivity contribution >= 4 is 23.7 Å². The highest BCUT2D eigenvalue weighted by Crippen LogP contribution is 2.36. The van der Waals surface area contributed by atoms with E-state index in [1.165, 1.54) is 11.8 Å². The van der Waals surface area contributed by atoms with E-state index in [9.17, 15) is 9.59 Å². The summed E-state index contributed by atoms with van der Waals surface area (Å²) in [6.07, 6.45) is 0. The minimum absolute atomic E-state index is 0.0811. The molecule has 0 fully saturated rings. The van der Waals surface area contributed by atoms with Gasteiger partial charge in [-0.05, 0) is 26.8 Å². The highest BCUT2D eigenvalue weighted by atomic mass is 32.2. The highest BCUT2D eigenvalue weighted by Gasteiger charge is 2.26. The number of ether oxygens (including phenoxy) is 3. The lowest BCUT2D eigenvalue weighted by Gasteiger charge is -2.18. The molecule has 0 aliphatic rings. The van der Waals surface area contributed by atoms with E-state index >= 15 is 0 Å². The van der Waals surface area contributed by atoms with Crippen LogP contribution in [0.25, 0.3) is 0 Å². The first-order valence-electron chi connectivity index (χ1n) is 7.29. The number of hydrogen-bond acceptors (Lipinski definition) is 6. The fraction of sp³-hybridized carbons (Fsp3) is 0.500. The molecule has 0 aliphatic carbocycles. The van der Waals surface area contributed by atoms with Gasteiger partial charge in [-0.25, -0.2) is 0 Å². The number of esters is 2. The average Bonchev–Trinajstić information content (AvgIpc) is 2.50. The molecule has 6 heteroatoms. The van der Waals surface area contributed by atoms with Gasteiger partial charge in [0.05, 0.1) is 25.6 Å². The summed E-state index contributed by atoms with van der Waals surface area (Å²) in [6, 6.07) is 7.28. The van der Waals surface area contributed by atoms with Crippen LogP contribution in [-0.4, -0.2) is 37.5 Å². The second kappa shape index (κ2) is 10.1. The van der Waals surface area contributed by atoms with E-state index in [1.54, 1.807) is 19.9 Å². The van der Waals surface area contributed by atoms with Crippen molar-refractivity contribution in [2.45, 2.75) is 26.0 Å². The van der Waals surface area contributed by atoms with Crippen LogP contribution in [0.4, 0.5) is 0 Å². The van der Waals surface area contributed by atoms with Gasteiger partial charge in [0.15, 0.2) is 0 Å². The predicted octanol–water partition coefficient (Wildman–Crippen LogP) is 2.99. The van der Waals surface area contributed by atoms with Crippen LogP contribution in [0, 0.1) is 0 Å². The third-order valence-electron chi connectivity index (χ3n) is 2.68. The number of carbonyl (C=O) groups is 2. The summed E-state index contributed by atoms with van der Waals surface area (Å²) in [6.45, 7) is 6.47. The lowest BCUT2D eigenvalue weighted by molar-refractivity contribution is -0.142. The van der Waals surface area contributed by atoms with E-state index in [0.717, 1.165) is 0 Å². The van der Waals surface area contributed by atoms with Gasteiger partial charge in [0.2, 0.25) is 0 Å². The molecule has 0 bridgehead atoms. The molecule has 0 spiro atoms. The Kier molecular flexibility index (Phi) is 8.43. The van der Waals surface area contributed by atoms with Crippen LogP contribution in [0.1, 0.15) is 31.6 Å². The number of rotatable bonds is 9. The Morgan fingerprint density at radius 3 is 2.36 bits per heavy atom. The van der Waals surface area contributed by atoms with Crippen LogP contribution in [-0.2, 0) is 19.1 Å². The van der Waals surface area contributed by atoms with E-state index in [0.29, 0.717) is 24.5 Å². The average molecular weight is 326 g/mol. The predicted molar refractivity (Wildman–Crippen MR) is 86.1 cm³/mol. The molecule has 1 rings (SSSR count). The first-order chi connectivity index (χ1) is 10.6. The largest absolute Gasteiger partial charge is 0.494 e. The Morgan fingerprint density at radius 1 is 1.05 bits per heavy atom. The molecule has 0 radical (unpaired) electrons. The molecule has 0 heterocycles. The normalized spacial score (nSPS) is 11.6. The first kappa shape index (κ1) is 18.4. The van der Waals surface area contributed by atoms with E-state index < -0.39 is 5.25 Å². The third kappa shape index (κ3) is 5.60. The van der Waals surface area contributed by atoms with Crippen LogP contribution in [0.2, 0.25) is 0 Å². The fourth-order valence-corrected chi connectivity index (χ4v) is 2.81. The summed E-state index contributed by atoms with van der Waals surface area (Å²) in [5.41, 5.74) is 0.706. The Morgan fingerprint density at radius 2 is 1.73 bits per heavy atom. The molecular formula is C16H22O5S. The van der Waals surface area contributed by atoms with Gasteiger partial charge in [-0.1, -0.05) is 18.2 Å². The van der Waals surface area contributed by atoms with Gasteiger partial charge < -0.3 is 14.2 Å². The molecule has 0 saturated heterocycles. The minimum Gasteiger partial charge on any atom is -0.494 e. The summed E-state index contributed by atoms with van der Waals surface area (Å²) in [5.74, 6) is -0.0309. The monoisotopic (exact) mass is 326 g/mol. The van der Waals surface area contributed by atoms with E-state index in [-0.39, 0.29) is 24.3 Å². The van der Waals surface area contributed by atoms with E-state index in [1.807, 2.05) is 25.1 Å². The van der Waals surface area contributed by atoms with Gasteiger partial charge in [0.25, 0.3) is 0 Å². The molecule has 1 aromatic carbocycles. The number of carbonyl (C=O) groups excluding carboxylic acids is 2. The minimum atomic E-state index is -0.618. The van der Waals surface area contributed by atoms with Gasteiger partial charge in [-0.3, -0.25) is 9.59 Å². The lowest BCUT2D eigenvalue weighted by Crippen LogP contribution is -2.17. The number of hydrogen-bond donors (Lipinski definition) is 0. The van der Waals surface area contributed by atoms with Crippen molar-refractivity contribution in [2.24, 2.45) is 0 Å². The van der Waals surface area contributed by atoms with Crippen LogP contribution >= 0.6 is 11.8 Å². The maximum atomic E-state index is 12.2. The van der Waals surface area contributed by atoms with Gasteiger partial charge in [-0.15, -0.1) is 11.8 Å².